The molecule has 0 unspecified atom stereocenters. The van der Waals surface area contributed by atoms with Crippen LogP contribution in [0.5, 0.6) is 0 Å². The lowest BCUT2D eigenvalue weighted by Gasteiger charge is -2.14. The number of benzene rings is 1. The van der Waals surface area contributed by atoms with Crippen LogP contribution in [0.25, 0.3) is 10.9 Å². The molecule has 6 heteroatoms. The molecular formula is C13H14N4O2. The molecule has 6 nitrogen and oxygen atoms in total. The lowest BCUT2D eigenvalue weighted by molar-refractivity contribution is -0.131. The number of amides is 2. The molecule has 19 heavy (non-hydrogen) atoms. The molecular weight excluding hydrogens is 244 g/mol. The summed E-state index contributed by atoms with van der Waals surface area (Å²) in [4.78, 5) is 24.9. The molecule has 0 aliphatic carbocycles. The molecule has 1 fully saturated rings. The van der Waals surface area contributed by atoms with Crippen molar-refractivity contribution in [1.82, 2.24) is 15.1 Å². The SMILES string of the molecule is O=C(CN1CCCC1=O)Nc1ccc2cn[nH]c2c1. The molecule has 1 saturated heterocycles. The Morgan fingerprint density at radius 1 is 1.47 bits per heavy atom. The molecule has 3 rings (SSSR count). The predicted molar refractivity (Wildman–Crippen MR) is 70.5 cm³/mol. The van der Waals surface area contributed by atoms with Gasteiger partial charge >= 0.3 is 0 Å². The number of hydrogen-bond donors (Lipinski definition) is 2. The monoisotopic (exact) mass is 258 g/mol. The zero-order valence-electron chi connectivity index (χ0n) is 10.3. The van der Waals surface area contributed by atoms with Crippen LogP contribution in [-0.4, -0.2) is 40.0 Å². The van der Waals surface area contributed by atoms with Gasteiger partial charge < -0.3 is 10.2 Å². The van der Waals surface area contributed by atoms with Gasteiger partial charge in [-0.05, 0) is 24.6 Å². The molecule has 1 aromatic heterocycles. The third-order valence-electron chi connectivity index (χ3n) is 3.23. The third kappa shape index (κ3) is 2.42. The van der Waals surface area contributed by atoms with Crippen LogP contribution in [0, 0.1) is 0 Å². The predicted octanol–water partition coefficient (Wildman–Crippen LogP) is 1.12. The van der Waals surface area contributed by atoms with E-state index in [1.165, 1.54) is 0 Å². The number of nitrogens with zero attached hydrogens (tertiary/aromatic N) is 2. The second-order valence-corrected chi connectivity index (χ2v) is 4.64. The number of aromatic amines is 1. The van der Waals surface area contributed by atoms with Gasteiger partial charge in [0.2, 0.25) is 11.8 Å². The summed E-state index contributed by atoms with van der Waals surface area (Å²) in [6.07, 6.45) is 3.11. The highest BCUT2D eigenvalue weighted by molar-refractivity contribution is 5.96. The highest BCUT2D eigenvalue weighted by Crippen LogP contribution is 2.16. The first kappa shape index (κ1) is 11.7. The van der Waals surface area contributed by atoms with Gasteiger partial charge in [-0.2, -0.15) is 5.10 Å². The molecule has 2 heterocycles. The number of likely N-dealkylation sites (tertiary alicyclic amines) is 1. The summed E-state index contributed by atoms with van der Waals surface area (Å²) in [6, 6.07) is 5.53. The van der Waals surface area contributed by atoms with Gasteiger partial charge in [0.25, 0.3) is 0 Å². The van der Waals surface area contributed by atoms with Crippen LogP contribution in [0.1, 0.15) is 12.8 Å². The number of rotatable bonds is 3. The lowest BCUT2D eigenvalue weighted by Crippen LogP contribution is -2.33. The zero-order valence-corrected chi connectivity index (χ0v) is 10.3. The quantitative estimate of drug-likeness (QED) is 0.866. The maximum absolute atomic E-state index is 11.9. The van der Waals surface area contributed by atoms with Crippen molar-refractivity contribution in [3.63, 3.8) is 0 Å². The number of carbonyl (C=O) groups is 2. The number of nitrogens with one attached hydrogen (secondary N) is 2. The molecule has 0 atom stereocenters. The van der Waals surface area contributed by atoms with E-state index in [0.717, 1.165) is 17.3 Å². The molecule has 2 aromatic rings. The molecule has 1 aromatic carbocycles. The average Bonchev–Trinajstić information content (AvgIpc) is 2.98. The maximum atomic E-state index is 11.9. The fourth-order valence-corrected chi connectivity index (χ4v) is 2.26. The molecule has 1 aliphatic rings. The van der Waals surface area contributed by atoms with Crippen LogP contribution < -0.4 is 5.32 Å². The highest BCUT2D eigenvalue weighted by atomic mass is 16.2. The Hall–Kier alpha value is -2.37. The number of carbonyl (C=O) groups excluding carboxylic acids is 2. The Labute approximate surface area is 109 Å². The molecule has 0 spiro atoms. The molecule has 0 bridgehead atoms. The fraction of sp³-hybridized carbons (Fsp3) is 0.308. The van der Waals surface area contributed by atoms with Crippen molar-refractivity contribution >= 4 is 28.4 Å². The van der Waals surface area contributed by atoms with Crippen molar-refractivity contribution in [2.75, 3.05) is 18.4 Å². The minimum atomic E-state index is -0.172. The van der Waals surface area contributed by atoms with Crippen molar-refractivity contribution in [1.29, 1.82) is 0 Å². The molecule has 98 valence electrons. The van der Waals surface area contributed by atoms with Crippen molar-refractivity contribution < 1.29 is 9.59 Å². The smallest absolute Gasteiger partial charge is 0.243 e. The first-order valence-corrected chi connectivity index (χ1v) is 6.23. The Balaban J connectivity index is 1.66. The fourth-order valence-electron chi connectivity index (χ4n) is 2.26. The highest BCUT2D eigenvalue weighted by Gasteiger charge is 2.22. The van der Waals surface area contributed by atoms with Gasteiger partial charge in [-0.3, -0.25) is 14.7 Å². The second-order valence-electron chi connectivity index (χ2n) is 4.64. The average molecular weight is 258 g/mol. The summed E-state index contributed by atoms with van der Waals surface area (Å²) in [5, 5.41) is 10.6. The first-order chi connectivity index (χ1) is 9.22. The second kappa shape index (κ2) is 4.72. The standard InChI is InChI=1S/C13H14N4O2/c18-12(8-17-5-1-2-13(17)19)15-10-4-3-9-7-14-16-11(9)6-10/h3-4,6-7H,1-2,5,8H2,(H,14,16)(H,15,18). The van der Waals surface area contributed by atoms with Crippen molar-refractivity contribution in [3.05, 3.63) is 24.4 Å². The van der Waals surface area contributed by atoms with E-state index in [1.54, 1.807) is 11.1 Å². The van der Waals surface area contributed by atoms with Crippen molar-refractivity contribution in [2.45, 2.75) is 12.8 Å². The van der Waals surface area contributed by atoms with E-state index in [0.29, 0.717) is 18.7 Å². The maximum Gasteiger partial charge on any atom is 0.243 e. The number of hydrogen-bond acceptors (Lipinski definition) is 3. The van der Waals surface area contributed by atoms with E-state index < -0.39 is 0 Å². The van der Waals surface area contributed by atoms with E-state index >= 15 is 0 Å². The van der Waals surface area contributed by atoms with E-state index in [-0.39, 0.29) is 18.4 Å². The Morgan fingerprint density at radius 3 is 3.16 bits per heavy atom. The number of H-pyrrole nitrogens is 1. The minimum Gasteiger partial charge on any atom is -0.333 e. The Bertz CT molecular complexity index is 634. The summed E-state index contributed by atoms with van der Waals surface area (Å²) in [6.45, 7) is 0.797. The first-order valence-electron chi connectivity index (χ1n) is 6.23. The molecule has 1 aliphatic heterocycles. The van der Waals surface area contributed by atoms with Crippen LogP contribution in [0.15, 0.2) is 24.4 Å². The van der Waals surface area contributed by atoms with Crippen molar-refractivity contribution in [3.8, 4) is 0 Å². The Kier molecular flexibility index (Phi) is 2.91. The van der Waals surface area contributed by atoms with Crippen LogP contribution in [-0.2, 0) is 9.59 Å². The zero-order chi connectivity index (χ0) is 13.2. The number of anilines is 1. The number of fused-ring (bicyclic) bond motifs is 1. The van der Waals surface area contributed by atoms with Crippen LogP contribution in [0.2, 0.25) is 0 Å². The largest absolute Gasteiger partial charge is 0.333 e. The minimum absolute atomic E-state index is 0.0548. The normalized spacial score (nSPS) is 15.2. The topological polar surface area (TPSA) is 78.1 Å². The van der Waals surface area contributed by atoms with Gasteiger partial charge in [0, 0.05) is 24.0 Å². The van der Waals surface area contributed by atoms with Crippen LogP contribution in [0.4, 0.5) is 5.69 Å². The van der Waals surface area contributed by atoms with E-state index in [2.05, 4.69) is 15.5 Å². The van der Waals surface area contributed by atoms with E-state index in [1.807, 2.05) is 18.2 Å². The molecule has 2 amide bonds. The Morgan fingerprint density at radius 2 is 2.37 bits per heavy atom. The van der Waals surface area contributed by atoms with Crippen LogP contribution >= 0.6 is 0 Å². The molecule has 2 N–H and O–H groups in total. The lowest BCUT2D eigenvalue weighted by atomic mass is 10.2. The molecule has 0 radical (unpaired) electrons. The van der Waals surface area contributed by atoms with Gasteiger partial charge in [0.15, 0.2) is 0 Å². The van der Waals surface area contributed by atoms with Gasteiger partial charge in [-0.25, -0.2) is 0 Å². The van der Waals surface area contributed by atoms with Gasteiger partial charge in [-0.1, -0.05) is 0 Å². The van der Waals surface area contributed by atoms with Gasteiger partial charge in [-0.15, -0.1) is 0 Å². The summed E-state index contributed by atoms with van der Waals surface area (Å²) in [7, 11) is 0. The van der Waals surface area contributed by atoms with Gasteiger partial charge in [0.1, 0.15) is 0 Å². The van der Waals surface area contributed by atoms with Crippen molar-refractivity contribution in [2.24, 2.45) is 0 Å². The summed E-state index contributed by atoms with van der Waals surface area (Å²) < 4.78 is 0. The van der Waals surface area contributed by atoms with E-state index in [4.69, 9.17) is 0 Å². The number of aromatic nitrogens is 2. The summed E-state index contributed by atoms with van der Waals surface area (Å²) >= 11 is 0. The third-order valence-corrected chi connectivity index (χ3v) is 3.23. The summed E-state index contributed by atoms with van der Waals surface area (Å²) in [5.74, 6) is -0.117. The van der Waals surface area contributed by atoms with E-state index in [9.17, 15) is 9.59 Å². The van der Waals surface area contributed by atoms with Gasteiger partial charge in [0.05, 0.1) is 18.3 Å². The molecule has 0 saturated carbocycles. The summed E-state index contributed by atoms with van der Waals surface area (Å²) in [5.41, 5.74) is 1.57. The van der Waals surface area contributed by atoms with Crippen LogP contribution in [0.3, 0.4) is 0 Å².